The van der Waals surface area contributed by atoms with Gasteiger partial charge in [-0.1, -0.05) is 29.8 Å². The molecule has 6 nitrogen and oxygen atoms in total. The number of benzene rings is 1. The number of aryl methyl sites for hydroxylation is 1. The zero-order valence-corrected chi connectivity index (χ0v) is 20.2. The first-order chi connectivity index (χ1) is 16.0. The second-order valence-corrected chi connectivity index (χ2v) is 11.8. The predicted octanol–water partition coefficient (Wildman–Crippen LogP) is 4.34. The quantitative estimate of drug-likeness (QED) is 0.657. The highest BCUT2D eigenvalue weighted by Crippen LogP contribution is 2.44. The smallest absolute Gasteiger partial charge is 0.228 e. The monoisotopic (exact) mass is 484 g/mol. The lowest BCUT2D eigenvalue weighted by molar-refractivity contribution is 0.143. The molecule has 2 fully saturated rings. The molecule has 1 aromatic heterocycles. The fraction of sp³-hybridized carbons (Fsp3) is 0.520. The highest BCUT2D eigenvalue weighted by molar-refractivity contribution is 7.85. The molecule has 2 aliphatic carbocycles. The van der Waals surface area contributed by atoms with E-state index in [1.54, 1.807) is 0 Å². The lowest BCUT2D eigenvalue weighted by Crippen LogP contribution is -2.58. The van der Waals surface area contributed by atoms with Crippen LogP contribution in [-0.2, 0) is 17.2 Å². The highest BCUT2D eigenvalue weighted by atomic mass is 35.5. The maximum Gasteiger partial charge on any atom is 0.228 e. The molecular formula is C25H29ClN4O2S. The Morgan fingerprint density at radius 1 is 1.18 bits per heavy atom. The molecule has 1 saturated carbocycles. The van der Waals surface area contributed by atoms with Crippen molar-refractivity contribution in [2.75, 3.05) is 22.6 Å². The lowest BCUT2D eigenvalue weighted by atomic mass is 9.77. The summed E-state index contributed by atoms with van der Waals surface area (Å²) in [6, 6.07) is 8.70. The summed E-state index contributed by atoms with van der Waals surface area (Å²) >= 11 is 6.07. The van der Waals surface area contributed by atoms with Crippen molar-refractivity contribution in [2.45, 2.75) is 73.9 Å². The van der Waals surface area contributed by atoms with Crippen LogP contribution < -0.4 is 10.2 Å². The number of rotatable bonds is 5. The van der Waals surface area contributed by atoms with Crippen molar-refractivity contribution < 1.29 is 9.32 Å². The Bertz CT molecular complexity index is 1130. The summed E-state index contributed by atoms with van der Waals surface area (Å²) < 4.78 is 13.1. The number of hydrogen-bond donors (Lipinski definition) is 2. The molecule has 33 heavy (non-hydrogen) atoms. The van der Waals surface area contributed by atoms with Gasteiger partial charge in [0.2, 0.25) is 5.95 Å². The third-order valence-electron chi connectivity index (χ3n) is 7.70. The Hall–Kier alpha value is -1.96. The first-order valence-electron chi connectivity index (χ1n) is 12.0. The van der Waals surface area contributed by atoms with E-state index in [1.807, 2.05) is 12.1 Å². The fourth-order valence-corrected chi connectivity index (χ4v) is 7.13. The first-order valence-corrected chi connectivity index (χ1v) is 13.7. The molecule has 1 saturated heterocycles. The lowest BCUT2D eigenvalue weighted by Gasteiger charge is -2.52. The molecule has 7 rings (SSSR count). The number of anilines is 2. The minimum atomic E-state index is -1.11. The molecule has 3 unspecified atom stereocenters. The predicted molar refractivity (Wildman–Crippen MR) is 132 cm³/mol. The maximum atomic E-state index is 13.1. The molecule has 0 radical (unpaired) electrons. The van der Waals surface area contributed by atoms with Gasteiger partial charge in [-0.25, -0.2) is 4.98 Å². The number of aliphatic hydroxyl groups is 1. The van der Waals surface area contributed by atoms with Gasteiger partial charge in [-0.2, -0.15) is 4.98 Å². The Morgan fingerprint density at radius 2 is 2.00 bits per heavy atom. The normalized spacial score (nSPS) is 27.5. The zero-order chi connectivity index (χ0) is 22.6. The first kappa shape index (κ1) is 21.6. The molecule has 5 aliphatic rings. The van der Waals surface area contributed by atoms with Crippen LogP contribution in [0.5, 0.6) is 0 Å². The van der Waals surface area contributed by atoms with Crippen LogP contribution in [0.4, 0.5) is 11.8 Å². The summed E-state index contributed by atoms with van der Waals surface area (Å²) in [4.78, 5) is 13.0. The second kappa shape index (κ2) is 8.36. The summed E-state index contributed by atoms with van der Waals surface area (Å²) in [7, 11) is -1.11. The Balaban J connectivity index is 1.35. The molecule has 3 atom stereocenters. The largest absolute Gasteiger partial charge is 0.394 e. The van der Waals surface area contributed by atoms with E-state index in [0.717, 1.165) is 72.9 Å². The standard InChI is InChI=1S/C25H29ClN4O2S/c26-18-7-5-16(6-8-18)17-12-19-14-20(13-17)30(19)24-27-21-4-1-2-11-33(32)22(21)23(28-24)29-25(15-31)9-3-10-25/h5-8,12,19-20,31H,1-4,9-11,13-15H2,(H,27,28,29). The fourth-order valence-electron chi connectivity index (χ4n) is 5.61. The Morgan fingerprint density at radius 3 is 2.67 bits per heavy atom. The van der Waals surface area contributed by atoms with Crippen molar-refractivity contribution in [1.82, 2.24) is 9.97 Å². The van der Waals surface area contributed by atoms with Crippen LogP contribution >= 0.6 is 11.6 Å². The van der Waals surface area contributed by atoms with E-state index in [4.69, 9.17) is 21.6 Å². The molecule has 3 aliphatic heterocycles. The van der Waals surface area contributed by atoms with E-state index < -0.39 is 10.8 Å². The number of fused-ring (bicyclic) bond motifs is 2. The molecule has 1 aromatic carbocycles. The van der Waals surface area contributed by atoms with Crippen molar-refractivity contribution in [1.29, 1.82) is 0 Å². The van der Waals surface area contributed by atoms with Crippen LogP contribution in [0, 0.1) is 0 Å². The summed E-state index contributed by atoms with van der Waals surface area (Å²) in [6.07, 6.45) is 10.1. The summed E-state index contributed by atoms with van der Waals surface area (Å²) in [5, 5.41) is 14.3. The molecule has 174 valence electrons. The Labute approximate surface area is 201 Å². The van der Waals surface area contributed by atoms with Crippen molar-refractivity contribution in [3.05, 3.63) is 46.6 Å². The number of nitrogens with one attached hydrogen (secondary N) is 1. The minimum absolute atomic E-state index is 0.0654. The molecule has 4 heterocycles. The van der Waals surface area contributed by atoms with Gasteiger partial charge in [0, 0.05) is 16.8 Å². The number of halogens is 1. The average molecular weight is 485 g/mol. The number of hydrogen-bond acceptors (Lipinski definition) is 6. The van der Waals surface area contributed by atoms with Crippen LogP contribution in [0.25, 0.3) is 5.57 Å². The van der Waals surface area contributed by atoms with Crippen LogP contribution in [-0.4, -0.2) is 49.3 Å². The number of aliphatic hydroxyl groups excluding tert-OH is 1. The van der Waals surface area contributed by atoms with Crippen LogP contribution in [0.1, 0.15) is 56.2 Å². The van der Waals surface area contributed by atoms with E-state index in [2.05, 4.69) is 28.4 Å². The molecule has 0 amide bonds. The van der Waals surface area contributed by atoms with E-state index >= 15 is 0 Å². The van der Waals surface area contributed by atoms with Crippen molar-refractivity contribution in [3.63, 3.8) is 0 Å². The summed E-state index contributed by atoms with van der Waals surface area (Å²) in [5.41, 5.74) is 3.15. The number of aromatic nitrogens is 2. The SMILES string of the molecule is O=S1CCCCc2nc(N3C4C=C(c5ccc(Cl)cc5)CC3C4)nc(NC3(CO)CCC3)c21. The molecule has 2 aromatic rings. The van der Waals surface area contributed by atoms with E-state index in [0.29, 0.717) is 17.6 Å². The van der Waals surface area contributed by atoms with Gasteiger partial charge in [-0.05, 0) is 74.6 Å². The third kappa shape index (κ3) is 3.78. The topological polar surface area (TPSA) is 78.4 Å². The van der Waals surface area contributed by atoms with Crippen LogP contribution in [0.3, 0.4) is 0 Å². The van der Waals surface area contributed by atoms with Crippen molar-refractivity contribution in [3.8, 4) is 0 Å². The van der Waals surface area contributed by atoms with Gasteiger partial charge in [0.05, 0.1) is 34.7 Å². The van der Waals surface area contributed by atoms with E-state index in [-0.39, 0.29) is 18.2 Å². The number of nitrogens with zero attached hydrogens (tertiary/aromatic N) is 3. The van der Waals surface area contributed by atoms with E-state index in [9.17, 15) is 9.32 Å². The molecular weight excluding hydrogens is 456 g/mol. The van der Waals surface area contributed by atoms with Gasteiger partial charge in [-0.15, -0.1) is 0 Å². The maximum absolute atomic E-state index is 13.1. The molecule has 2 bridgehead atoms. The zero-order valence-electron chi connectivity index (χ0n) is 18.6. The molecule has 0 spiro atoms. The second-order valence-electron chi connectivity index (χ2n) is 9.84. The Kier molecular flexibility index (Phi) is 5.46. The third-order valence-corrected chi connectivity index (χ3v) is 9.50. The van der Waals surface area contributed by atoms with Gasteiger partial charge < -0.3 is 15.3 Å². The highest BCUT2D eigenvalue weighted by Gasteiger charge is 2.44. The van der Waals surface area contributed by atoms with Gasteiger partial charge in [0.15, 0.2) is 0 Å². The summed E-state index contributed by atoms with van der Waals surface area (Å²) in [6.45, 7) is 0.0654. The average Bonchev–Trinajstić information content (AvgIpc) is 2.98. The van der Waals surface area contributed by atoms with Crippen molar-refractivity contribution in [2.24, 2.45) is 0 Å². The minimum Gasteiger partial charge on any atom is -0.394 e. The van der Waals surface area contributed by atoms with Crippen molar-refractivity contribution >= 4 is 39.7 Å². The van der Waals surface area contributed by atoms with Gasteiger partial charge in [0.25, 0.3) is 0 Å². The van der Waals surface area contributed by atoms with Gasteiger partial charge >= 0.3 is 0 Å². The molecule has 8 heteroatoms. The van der Waals surface area contributed by atoms with Gasteiger partial charge in [0.1, 0.15) is 10.7 Å². The van der Waals surface area contributed by atoms with Crippen LogP contribution in [0.2, 0.25) is 5.02 Å². The van der Waals surface area contributed by atoms with E-state index in [1.165, 1.54) is 11.1 Å². The van der Waals surface area contributed by atoms with Gasteiger partial charge in [-0.3, -0.25) is 4.21 Å². The molecule has 2 N–H and O–H groups in total. The summed E-state index contributed by atoms with van der Waals surface area (Å²) in [5.74, 6) is 2.06. The van der Waals surface area contributed by atoms with Crippen LogP contribution in [0.15, 0.2) is 35.2 Å².